The smallest absolute Gasteiger partial charge is 0.444 e. The van der Waals surface area contributed by atoms with Crippen molar-refractivity contribution < 1.29 is 22.4 Å². The lowest BCUT2D eigenvalue weighted by Gasteiger charge is -2.02. The van der Waals surface area contributed by atoms with E-state index in [1.807, 2.05) is 0 Å². The quantitative estimate of drug-likeness (QED) is 0.718. The molecule has 1 aromatic carbocycles. The highest BCUT2D eigenvalue weighted by molar-refractivity contribution is 6.34. The highest BCUT2D eigenvalue weighted by atomic mass is 35.5. The van der Waals surface area contributed by atoms with E-state index in [4.69, 9.17) is 16.0 Å². The van der Waals surface area contributed by atoms with Gasteiger partial charge in [0.05, 0.1) is 5.56 Å². The molecule has 2 nitrogen and oxygen atoms in total. The molecule has 0 atom stereocenters. The van der Waals surface area contributed by atoms with Gasteiger partial charge in [0.1, 0.15) is 5.58 Å². The average molecular weight is 249 g/mol. The number of ketones is 1. The third kappa shape index (κ3) is 1.67. The number of para-hydroxylation sites is 1. The molecular formula is C10H4ClF3O2. The molecule has 2 aromatic rings. The van der Waals surface area contributed by atoms with Crippen LogP contribution in [0, 0.1) is 0 Å². The number of hydrogen-bond donors (Lipinski definition) is 0. The first-order chi connectivity index (χ1) is 7.41. The van der Waals surface area contributed by atoms with E-state index >= 15 is 0 Å². The van der Waals surface area contributed by atoms with Gasteiger partial charge in [-0.3, -0.25) is 4.79 Å². The minimum atomic E-state index is -4.96. The molecule has 6 heteroatoms. The minimum Gasteiger partial charge on any atom is -0.444 e. The zero-order chi connectivity index (χ0) is 11.9. The molecule has 1 aromatic heterocycles. The van der Waals surface area contributed by atoms with E-state index < -0.39 is 22.7 Å². The van der Waals surface area contributed by atoms with Gasteiger partial charge in [-0.05, 0) is 17.7 Å². The molecule has 0 aliphatic carbocycles. The molecule has 0 N–H and O–H groups in total. The molecule has 0 aliphatic rings. The van der Waals surface area contributed by atoms with Gasteiger partial charge in [0.2, 0.25) is 5.22 Å². The van der Waals surface area contributed by atoms with Gasteiger partial charge in [-0.2, -0.15) is 13.2 Å². The largest absolute Gasteiger partial charge is 0.455 e. The molecule has 0 radical (unpaired) electrons. The van der Waals surface area contributed by atoms with Crippen molar-refractivity contribution in [1.82, 2.24) is 0 Å². The summed E-state index contributed by atoms with van der Waals surface area (Å²) in [6.07, 6.45) is -4.96. The van der Waals surface area contributed by atoms with Crippen LogP contribution in [0.4, 0.5) is 13.2 Å². The van der Waals surface area contributed by atoms with Crippen molar-refractivity contribution in [2.24, 2.45) is 0 Å². The van der Waals surface area contributed by atoms with Crippen LogP contribution < -0.4 is 0 Å². The van der Waals surface area contributed by atoms with Crippen molar-refractivity contribution >= 4 is 28.4 Å². The first kappa shape index (κ1) is 11.0. The molecule has 0 spiro atoms. The fraction of sp³-hybridized carbons (Fsp3) is 0.100. The number of carbonyl (C=O) groups excluding carboxylic acids is 1. The fourth-order valence-electron chi connectivity index (χ4n) is 1.37. The summed E-state index contributed by atoms with van der Waals surface area (Å²) in [7, 11) is 0. The lowest BCUT2D eigenvalue weighted by Crippen LogP contribution is -2.22. The number of fused-ring (bicyclic) bond motifs is 1. The zero-order valence-electron chi connectivity index (χ0n) is 7.64. The molecule has 16 heavy (non-hydrogen) atoms. The standard InChI is InChI=1S/C10H4ClF3O2/c11-9-7(8(15)10(12,13)14)5-3-1-2-4-6(5)16-9/h1-4H. The van der Waals surface area contributed by atoms with Gasteiger partial charge < -0.3 is 4.42 Å². The fourth-order valence-corrected chi connectivity index (χ4v) is 1.64. The first-order valence-electron chi connectivity index (χ1n) is 4.20. The molecule has 0 unspecified atom stereocenters. The van der Waals surface area contributed by atoms with Crippen LogP contribution in [-0.2, 0) is 0 Å². The van der Waals surface area contributed by atoms with Crippen molar-refractivity contribution in [3.8, 4) is 0 Å². The lowest BCUT2D eigenvalue weighted by atomic mass is 10.1. The highest BCUT2D eigenvalue weighted by Crippen LogP contribution is 2.34. The van der Waals surface area contributed by atoms with Crippen molar-refractivity contribution in [2.75, 3.05) is 0 Å². The highest BCUT2D eigenvalue weighted by Gasteiger charge is 2.42. The van der Waals surface area contributed by atoms with Gasteiger partial charge in [-0.15, -0.1) is 0 Å². The number of halogens is 4. The molecule has 0 aliphatic heterocycles. The van der Waals surface area contributed by atoms with Crippen LogP contribution in [0.25, 0.3) is 11.0 Å². The number of alkyl halides is 3. The number of hydrogen-bond acceptors (Lipinski definition) is 2. The van der Waals surface area contributed by atoms with Crippen molar-refractivity contribution in [2.45, 2.75) is 6.18 Å². The molecular weight excluding hydrogens is 245 g/mol. The monoisotopic (exact) mass is 248 g/mol. The topological polar surface area (TPSA) is 30.2 Å². The molecule has 1 heterocycles. The third-order valence-corrected chi connectivity index (χ3v) is 2.30. The van der Waals surface area contributed by atoms with Crippen LogP contribution in [-0.4, -0.2) is 12.0 Å². The predicted molar refractivity (Wildman–Crippen MR) is 51.6 cm³/mol. The van der Waals surface area contributed by atoms with E-state index in [-0.39, 0.29) is 11.0 Å². The normalized spacial score (nSPS) is 12.0. The second-order valence-electron chi connectivity index (χ2n) is 3.07. The SMILES string of the molecule is O=C(c1c(Cl)oc2ccccc12)C(F)(F)F. The number of Topliss-reactive ketones (excluding diaryl/α,β-unsaturated/α-hetero) is 1. The second-order valence-corrected chi connectivity index (χ2v) is 3.42. The number of furan rings is 1. The number of rotatable bonds is 1. The van der Waals surface area contributed by atoms with Crippen molar-refractivity contribution in [3.63, 3.8) is 0 Å². The Kier molecular flexibility index (Phi) is 2.42. The van der Waals surface area contributed by atoms with Crippen LogP contribution in [0.2, 0.25) is 5.22 Å². The van der Waals surface area contributed by atoms with Gasteiger partial charge in [-0.25, -0.2) is 0 Å². The van der Waals surface area contributed by atoms with Gasteiger partial charge in [0, 0.05) is 5.39 Å². The van der Waals surface area contributed by atoms with Crippen molar-refractivity contribution in [1.29, 1.82) is 0 Å². The first-order valence-corrected chi connectivity index (χ1v) is 4.57. The number of carbonyl (C=O) groups is 1. The van der Waals surface area contributed by atoms with Gasteiger partial charge in [0.25, 0.3) is 5.78 Å². The summed E-state index contributed by atoms with van der Waals surface area (Å²) in [5, 5.41) is -0.474. The molecule has 84 valence electrons. The Bertz CT molecular complexity index is 557. The van der Waals surface area contributed by atoms with E-state index in [1.165, 1.54) is 18.2 Å². The van der Waals surface area contributed by atoms with Crippen LogP contribution in [0.1, 0.15) is 10.4 Å². The van der Waals surface area contributed by atoms with Crippen LogP contribution in [0.15, 0.2) is 28.7 Å². The van der Waals surface area contributed by atoms with Crippen LogP contribution in [0.3, 0.4) is 0 Å². The molecule has 0 saturated carbocycles. The van der Waals surface area contributed by atoms with E-state index in [0.717, 1.165) is 0 Å². The summed E-state index contributed by atoms with van der Waals surface area (Å²) in [5.41, 5.74) is -0.482. The summed E-state index contributed by atoms with van der Waals surface area (Å²) in [6, 6.07) is 5.86. The Morgan fingerprint density at radius 1 is 1.25 bits per heavy atom. The summed E-state index contributed by atoms with van der Waals surface area (Å²) >= 11 is 5.48. The second kappa shape index (κ2) is 3.52. The van der Waals surface area contributed by atoms with E-state index in [1.54, 1.807) is 6.07 Å². The summed E-state index contributed by atoms with van der Waals surface area (Å²) in [5.74, 6) is -2.00. The summed E-state index contributed by atoms with van der Waals surface area (Å²) in [4.78, 5) is 11.1. The van der Waals surface area contributed by atoms with E-state index in [2.05, 4.69) is 0 Å². The molecule has 0 saturated heterocycles. The predicted octanol–water partition coefficient (Wildman–Crippen LogP) is 3.83. The molecule has 2 rings (SSSR count). The lowest BCUT2D eigenvalue weighted by molar-refractivity contribution is -0.0884. The Morgan fingerprint density at radius 2 is 1.88 bits per heavy atom. The summed E-state index contributed by atoms with van der Waals surface area (Å²) in [6.45, 7) is 0. The zero-order valence-corrected chi connectivity index (χ0v) is 8.39. The van der Waals surface area contributed by atoms with Crippen molar-refractivity contribution in [3.05, 3.63) is 35.0 Å². The maximum absolute atomic E-state index is 12.3. The molecule has 0 fully saturated rings. The Hall–Kier alpha value is -1.49. The Labute approximate surface area is 92.6 Å². The van der Waals surface area contributed by atoms with Crippen LogP contribution >= 0.6 is 11.6 Å². The average Bonchev–Trinajstić information content (AvgIpc) is 2.51. The van der Waals surface area contributed by atoms with Gasteiger partial charge >= 0.3 is 6.18 Å². The Balaban J connectivity index is 2.69. The van der Waals surface area contributed by atoms with Gasteiger partial charge in [-0.1, -0.05) is 18.2 Å². The molecule has 0 amide bonds. The maximum Gasteiger partial charge on any atom is 0.455 e. The summed E-state index contributed by atoms with van der Waals surface area (Å²) < 4.78 is 41.7. The minimum absolute atomic E-state index is 0.0647. The third-order valence-electron chi connectivity index (χ3n) is 2.04. The number of benzene rings is 1. The maximum atomic E-state index is 12.3. The Morgan fingerprint density at radius 3 is 2.50 bits per heavy atom. The molecule has 0 bridgehead atoms. The van der Waals surface area contributed by atoms with E-state index in [9.17, 15) is 18.0 Å². The van der Waals surface area contributed by atoms with E-state index in [0.29, 0.717) is 0 Å². The van der Waals surface area contributed by atoms with Gasteiger partial charge in [0.15, 0.2) is 0 Å². The van der Waals surface area contributed by atoms with Crippen LogP contribution in [0.5, 0.6) is 0 Å².